The molecule has 1 N–H and O–H groups in total. The summed E-state index contributed by atoms with van der Waals surface area (Å²) >= 11 is 8.20. The standard InChI is InChI=1S/C46H44ClN5O7S/c1-28-33(18-19-37(42(28)47)57-23-11-22-52(2)3)40-41-39(26-49-43(40)30-13-10-14-32(24-30)55-4)60-51-45(41)59-38(46(53)54)25-29-12-6-8-16-35(29)58-27-31-20-21-48-44(50-31)34-15-7-9-17-36(34)56-5/h6-10,12-21,24,26,38H,11,22-23,25,27H2,1-5H3,(H,53,54)/t38-/m1/s1. The Labute approximate surface area is 357 Å². The van der Waals surface area contributed by atoms with Crippen LogP contribution in [0.4, 0.5) is 0 Å². The number of hydrogen-bond acceptors (Lipinski definition) is 12. The molecule has 1 atom stereocenters. The highest BCUT2D eigenvalue weighted by Gasteiger charge is 2.28. The third-order valence-corrected chi connectivity index (χ3v) is 11.0. The number of carbonyl (C=O) groups is 1. The number of ether oxygens (including phenoxy) is 5. The second-order valence-corrected chi connectivity index (χ2v) is 15.3. The minimum Gasteiger partial charge on any atom is -0.497 e. The average Bonchev–Trinajstić information content (AvgIpc) is 3.68. The van der Waals surface area contributed by atoms with Crippen molar-refractivity contribution in [1.82, 2.24) is 24.2 Å². The second kappa shape index (κ2) is 19.2. The maximum absolute atomic E-state index is 13.0. The third-order valence-electron chi connectivity index (χ3n) is 9.80. The first kappa shape index (κ1) is 41.9. The fourth-order valence-corrected chi connectivity index (χ4v) is 7.68. The van der Waals surface area contributed by atoms with Gasteiger partial charge in [-0.1, -0.05) is 60.1 Å². The molecular weight excluding hydrogens is 802 g/mol. The van der Waals surface area contributed by atoms with E-state index in [4.69, 9.17) is 45.3 Å². The molecule has 3 aromatic heterocycles. The van der Waals surface area contributed by atoms with Crippen molar-refractivity contribution in [2.24, 2.45) is 0 Å². The lowest BCUT2D eigenvalue weighted by molar-refractivity contribution is -0.145. The Morgan fingerprint density at radius 2 is 1.68 bits per heavy atom. The Balaban J connectivity index is 1.21. The van der Waals surface area contributed by atoms with Crippen molar-refractivity contribution < 1.29 is 33.6 Å². The molecule has 7 aromatic rings. The number of benzene rings is 4. The Hall–Kier alpha value is -6.28. The Morgan fingerprint density at radius 1 is 0.883 bits per heavy atom. The summed E-state index contributed by atoms with van der Waals surface area (Å²) < 4.78 is 35.2. The molecule has 60 heavy (non-hydrogen) atoms. The predicted octanol–water partition coefficient (Wildman–Crippen LogP) is 9.45. The van der Waals surface area contributed by atoms with Gasteiger partial charge in [-0.05, 0) is 98.1 Å². The van der Waals surface area contributed by atoms with Gasteiger partial charge in [0.05, 0.1) is 52.9 Å². The summed E-state index contributed by atoms with van der Waals surface area (Å²) in [7, 11) is 7.25. The first-order valence-electron chi connectivity index (χ1n) is 19.2. The van der Waals surface area contributed by atoms with E-state index >= 15 is 0 Å². The van der Waals surface area contributed by atoms with Crippen molar-refractivity contribution in [2.75, 3.05) is 41.5 Å². The van der Waals surface area contributed by atoms with E-state index in [1.807, 2.05) is 99.9 Å². The molecule has 12 nitrogen and oxygen atoms in total. The molecule has 0 amide bonds. The van der Waals surface area contributed by atoms with Gasteiger partial charge < -0.3 is 33.7 Å². The Bertz CT molecular complexity index is 2620. The van der Waals surface area contributed by atoms with Crippen molar-refractivity contribution >= 4 is 39.2 Å². The van der Waals surface area contributed by atoms with E-state index in [1.165, 1.54) is 11.5 Å². The van der Waals surface area contributed by atoms with E-state index in [9.17, 15) is 9.90 Å². The number of methoxy groups -OCH3 is 2. The molecule has 0 fully saturated rings. The van der Waals surface area contributed by atoms with E-state index in [-0.39, 0.29) is 18.9 Å². The van der Waals surface area contributed by atoms with Crippen molar-refractivity contribution in [1.29, 1.82) is 0 Å². The molecule has 0 saturated carbocycles. The summed E-state index contributed by atoms with van der Waals surface area (Å²) in [6, 6.07) is 28.0. The van der Waals surface area contributed by atoms with Crippen LogP contribution in [0.1, 0.15) is 23.2 Å². The van der Waals surface area contributed by atoms with Gasteiger partial charge in [0.15, 0.2) is 5.82 Å². The average molecular weight is 846 g/mol. The van der Waals surface area contributed by atoms with Gasteiger partial charge in [0, 0.05) is 36.5 Å². The van der Waals surface area contributed by atoms with E-state index in [1.54, 1.807) is 38.7 Å². The van der Waals surface area contributed by atoms with Gasteiger partial charge in [-0.2, -0.15) is 4.37 Å². The van der Waals surface area contributed by atoms with Gasteiger partial charge >= 0.3 is 5.97 Å². The molecule has 7 rings (SSSR count). The molecule has 0 radical (unpaired) electrons. The summed E-state index contributed by atoms with van der Waals surface area (Å²) in [5, 5.41) is 11.7. The summed E-state index contributed by atoms with van der Waals surface area (Å²) in [4.78, 5) is 29.2. The van der Waals surface area contributed by atoms with Gasteiger partial charge in [0.25, 0.3) is 0 Å². The fraction of sp³-hybridized carbons (Fsp3) is 0.239. The third kappa shape index (κ3) is 9.44. The number of aromatic nitrogens is 4. The number of halogens is 1. The van der Waals surface area contributed by atoms with Gasteiger partial charge in [-0.3, -0.25) is 4.98 Å². The molecule has 0 spiro atoms. The van der Waals surface area contributed by atoms with E-state index in [0.29, 0.717) is 73.1 Å². The molecule has 0 aliphatic carbocycles. The number of para-hydroxylation sites is 2. The number of hydrogen-bond donors (Lipinski definition) is 1. The number of carboxylic acids is 1. The Kier molecular flexibility index (Phi) is 13.4. The van der Waals surface area contributed by atoms with Crippen molar-refractivity contribution in [3.8, 4) is 62.7 Å². The van der Waals surface area contributed by atoms with Crippen LogP contribution in [0.15, 0.2) is 103 Å². The van der Waals surface area contributed by atoms with E-state index < -0.39 is 12.1 Å². The van der Waals surface area contributed by atoms with Gasteiger partial charge in [-0.15, -0.1) is 0 Å². The zero-order chi connectivity index (χ0) is 42.2. The molecule has 3 heterocycles. The zero-order valence-corrected chi connectivity index (χ0v) is 35.4. The van der Waals surface area contributed by atoms with Gasteiger partial charge in [-0.25, -0.2) is 14.8 Å². The highest BCUT2D eigenvalue weighted by atomic mass is 35.5. The minimum atomic E-state index is -1.33. The number of carboxylic acid groups (broad SMARTS) is 1. The van der Waals surface area contributed by atoms with Gasteiger partial charge in [0.1, 0.15) is 29.6 Å². The van der Waals surface area contributed by atoms with Gasteiger partial charge in [0.2, 0.25) is 12.0 Å². The number of pyridine rings is 1. The predicted molar refractivity (Wildman–Crippen MR) is 234 cm³/mol. The zero-order valence-electron chi connectivity index (χ0n) is 33.8. The molecule has 0 aliphatic rings. The highest BCUT2D eigenvalue weighted by Crippen LogP contribution is 2.46. The van der Waals surface area contributed by atoms with Crippen LogP contribution in [0.5, 0.6) is 28.9 Å². The van der Waals surface area contributed by atoms with Crippen LogP contribution in [0.25, 0.3) is 43.9 Å². The quantitative estimate of drug-likeness (QED) is 0.0824. The summed E-state index contributed by atoms with van der Waals surface area (Å²) in [6.07, 6.45) is 2.88. The van der Waals surface area contributed by atoms with E-state index in [0.717, 1.165) is 35.2 Å². The van der Waals surface area contributed by atoms with Crippen molar-refractivity contribution in [3.63, 3.8) is 0 Å². The van der Waals surface area contributed by atoms with E-state index in [2.05, 4.69) is 14.3 Å². The van der Waals surface area contributed by atoms with Crippen LogP contribution in [0.3, 0.4) is 0 Å². The van der Waals surface area contributed by atoms with Crippen LogP contribution >= 0.6 is 23.1 Å². The number of nitrogens with zero attached hydrogens (tertiary/aromatic N) is 5. The smallest absolute Gasteiger partial charge is 0.345 e. The van der Waals surface area contributed by atoms with Crippen LogP contribution in [-0.2, 0) is 17.8 Å². The largest absolute Gasteiger partial charge is 0.497 e. The maximum atomic E-state index is 13.0. The summed E-state index contributed by atoms with van der Waals surface area (Å²) in [5.74, 6) is 1.86. The summed E-state index contributed by atoms with van der Waals surface area (Å²) in [5.41, 5.74) is 5.63. The second-order valence-electron chi connectivity index (χ2n) is 14.1. The number of aliphatic carboxylic acids is 1. The first-order valence-corrected chi connectivity index (χ1v) is 20.4. The van der Waals surface area contributed by atoms with Crippen LogP contribution in [-0.4, -0.2) is 82.9 Å². The summed E-state index contributed by atoms with van der Waals surface area (Å²) in [6.45, 7) is 3.43. The normalized spacial score (nSPS) is 11.7. The molecule has 308 valence electrons. The molecule has 4 aromatic carbocycles. The van der Waals surface area contributed by atoms with Crippen molar-refractivity contribution in [3.05, 3.63) is 125 Å². The molecule has 0 aliphatic heterocycles. The SMILES string of the molecule is COc1cccc(-c2ncc3snc(O[C@H](Cc4ccccc4OCc4ccnc(-c5ccccc5OC)n4)C(=O)O)c3c2-c2ccc(OCCCN(C)C)c(Cl)c2C)c1. The maximum Gasteiger partial charge on any atom is 0.345 e. The lowest BCUT2D eigenvalue weighted by atomic mass is 9.93. The molecule has 0 unspecified atom stereocenters. The molecule has 0 bridgehead atoms. The minimum absolute atomic E-state index is 0.0192. The Morgan fingerprint density at radius 3 is 2.47 bits per heavy atom. The first-order chi connectivity index (χ1) is 29.1. The highest BCUT2D eigenvalue weighted by molar-refractivity contribution is 7.13. The monoisotopic (exact) mass is 845 g/mol. The lowest BCUT2D eigenvalue weighted by Gasteiger charge is -2.19. The molecular formula is C46H44ClN5O7S. The van der Waals surface area contributed by atoms with Crippen LogP contribution in [0, 0.1) is 6.92 Å². The molecule has 14 heteroatoms. The molecule has 0 saturated heterocycles. The number of fused-ring (bicyclic) bond motifs is 1. The van der Waals surface area contributed by atoms with Crippen LogP contribution in [0.2, 0.25) is 5.02 Å². The fourth-order valence-electron chi connectivity index (χ4n) is 6.76. The topological polar surface area (TPSA) is 138 Å². The lowest BCUT2D eigenvalue weighted by Crippen LogP contribution is -2.29. The van der Waals surface area contributed by atoms with Crippen LogP contribution < -0.4 is 23.7 Å². The number of rotatable bonds is 18. The van der Waals surface area contributed by atoms with Crippen molar-refractivity contribution in [2.45, 2.75) is 32.5 Å².